The number of carbonyl (C=O) groups excluding carboxylic acids is 2. The molecule has 0 aromatic heterocycles. The van der Waals surface area contributed by atoms with Gasteiger partial charge in [-0.1, -0.05) is 5.92 Å². The van der Waals surface area contributed by atoms with Crippen LogP contribution >= 0.6 is 0 Å². The molecule has 0 aliphatic carbocycles. The fourth-order valence-corrected chi connectivity index (χ4v) is 4.02. The molecule has 3 heterocycles. The van der Waals surface area contributed by atoms with Gasteiger partial charge in [0, 0.05) is 58.5 Å². The van der Waals surface area contributed by atoms with Crippen molar-refractivity contribution in [2.24, 2.45) is 5.92 Å². The Morgan fingerprint density at radius 3 is 2.46 bits per heavy atom. The van der Waals surface area contributed by atoms with Gasteiger partial charge in [-0.25, -0.2) is 0 Å². The maximum atomic E-state index is 12.5. The molecule has 0 spiro atoms. The molecule has 7 heteroatoms. The molecule has 3 aliphatic heterocycles. The molecule has 3 fully saturated rings. The molecule has 0 aromatic rings. The van der Waals surface area contributed by atoms with Crippen molar-refractivity contribution in [2.45, 2.75) is 31.7 Å². The topological polar surface area (TPSA) is 71.1 Å². The number of piperazine rings is 1. The van der Waals surface area contributed by atoms with E-state index < -0.39 is 0 Å². The van der Waals surface area contributed by atoms with Crippen LogP contribution in [-0.4, -0.2) is 86.3 Å². The number of hydrogen-bond donors (Lipinski definition) is 1. The van der Waals surface area contributed by atoms with Crippen LogP contribution in [0.4, 0.5) is 0 Å². The maximum Gasteiger partial charge on any atom is 0.298 e. The second-order valence-corrected chi connectivity index (χ2v) is 7.29. The van der Waals surface area contributed by atoms with Crippen molar-refractivity contribution in [2.75, 3.05) is 59.2 Å². The van der Waals surface area contributed by atoms with Crippen molar-refractivity contribution < 1.29 is 19.1 Å². The van der Waals surface area contributed by atoms with Gasteiger partial charge >= 0.3 is 0 Å². The summed E-state index contributed by atoms with van der Waals surface area (Å²) in [6.07, 6.45) is 2.51. The van der Waals surface area contributed by atoms with Crippen molar-refractivity contribution in [3.05, 3.63) is 0 Å². The van der Waals surface area contributed by atoms with E-state index in [9.17, 15) is 9.59 Å². The quantitative estimate of drug-likeness (QED) is 0.704. The molecule has 3 saturated heterocycles. The lowest BCUT2D eigenvalue weighted by Crippen LogP contribution is -2.62. The van der Waals surface area contributed by atoms with Crippen molar-refractivity contribution in [3.8, 4) is 11.8 Å². The van der Waals surface area contributed by atoms with Gasteiger partial charge in [0.15, 0.2) is 0 Å². The third kappa shape index (κ3) is 4.37. The van der Waals surface area contributed by atoms with Gasteiger partial charge in [-0.15, -0.1) is 0 Å². The number of amides is 2. The van der Waals surface area contributed by atoms with E-state index in [1.807, 2.05) is 0 Å². The van der Waals surface area contributed by atoms with Crippen molar-refractivity contribution in [3.63, 3.8) is 0 Å². The highest BCUT2D eigenvalue weighted by Crippen LogP contribution is 2.27. The Hall–Kier alpha value is -1.62. The van der Waals surface area contributed by atoms with E-state index in [0.29, 0.717) is 46.1 Å². The Bertz CT molecular complexity index is 563. The Balaban J connectivity index is 1.55. The van der Waals surface area contributed by atoms with Gasteiger partial charge in [0.05, 0.1) is 12.1 Å². The molecule has 0 saturated carbocycles. The van der Waals surface area contributed by atoms with Crippen LogP contribution in [0, 0.1) is 17.8 Å². The van der Waals surface area contributed by atoms with Crippen LogP contribution in [0.15, 0.2) is 0 Å². The summed E-state index contributed by atoms with van der Waals surface area (Å²) in [7, 11) is 0. The molecule has 3 rings (SSSR count). The van der Waals surface area contributed by atoms with Crippen LogP contribution in [0.3, 0.4) is 0 Å². The highest BCUT2D eigenvalue weighted by molar-refractivity contribution is 5.93. The molecule has 0 aromatic carbocycles. The standard InChI is InChI=1S/C19H29N3O4/c1-2-3-17(23)21-7-9-22(10-8-21)19(6-13-26-15-19)14-20-18(24)16-4-11-25-12-5-16/h16H,4-15H2,1H3,(H,20,24). The van der Waals surface area contributed by atoms with Gasteiger partial charge in [-0.2, -0.15) is 0 Å². The van der Waals surface area contributed by atoms with Crippen molar-refractivity contribution in [1.82, 2.24) is 15.1 Å². The second-order valence-electron chi connectivity index (χ2n) is 7.29. The summed E-state index contributed by atoms with van der Waals surface area (Å²) in [5, 5.41) is 3.17. The molecule has 0 bridgehead atoms. The fourth-order valence-electron chi connectivity index (χ4n) is 4.02. The molecule has 1 unspecified atom stereocenters. The van der Waals surface area contributed by atoms with E-state index in [1.54, 1.807) is 11.8 Å². The number of nitrogens with zero attached hydrogens (tertiary/aromatic N) is 2. The molecule has 7 nitrogen and oxygen atoms in total. The van der Waals surface area contributed by atoms with Gasteiger partial charge in [0.2, 0.25) is 5.91 Å². The third-order valence-electron chi connectivity index (χ3n) is 5.74. The molecule has 0 radical (unpaired) electrons. The normalized spacial score (nSPS) is 27.7. The first-order valence-electron chi connectivity index (χ1n) is 9.54. The smallest absolute Gasteiger partial charge is 0.298 e. The monoisotopic (exact) mass is 363 g/mol. The average molecular weight is 363 g/mol. The predicted octanol–water partition coefficient (Wildman–Crippen LogP) is -0.144. The zero-order chi connectivity index (χ0) is 18.4. The first-order valence-corrected chi connectivity index (χ1v) is 9.54. The van der Waals surface area contributed by atoms with Crippen LogP contribution in [0.1, 0.15) is 26.2 Å². The number of nitrogens with one attached hydrogen (secondary N) is 1. The van der Waals surface area contributed by atoms with Gasteiger partial charge < -0.3 is 19.7 Å². The molecule has 26 heavy (non-hydrogen) atoms. The van der Waals surface area contributed by atoms with Gasteiger partial charge in [-0.05, 0) is 32.1 Å². The van der Waals surface area contributed by atoms with Crippen LogP contribution in [0.2, 0.25) is 0 Å². The van der Waals surface area contributed by atoms with Crippen molar-refractivity contribution in [1.29, 1.82) is 0 Å². The van der Waals surface area contributed by atoms with Crippen LogP contribution in [0.5, 0.6) is 0 Å². The Kier molecular flexibility index (Phi) is 6.52. The van der Waals surface area contributed by atoms with Gasteiger partial charge in [0.1, 0.15) is 0 Å². The molecule has 1 atom stereocenters. The van der Waals surface area contributed by atoms with Crippen LogP contribution < -0.4 is 5.32 Å². The third-order valence-corrected chi connectivity index (χ3v) is 5.74. The highest BCUT2D eigenvalue weighted by Gasteiger charge is 2.42. The minimum Gasteiger partial charge on any atom is -0.381 e. The first-order chi connectivity index (χ1) is 12.6. The summed E-state index contributed by atoms with van der Waals surface area (Å²) >= 11 is 0. The van der Waals surface area contributed by atoms with Crippen molar-refractivity contribution >= 4 is 11.8 Å². The summed E-state index contributed by atoms with van der Waals surface area (Å²) < 4.78 is 11.0. The number of ether oxygens (including phenoxy) is 2. The number of carbonyl (C=O) groups is 2. The lowest BCUT2D eigenvalue weighted by atomic mass is 9.93. The van der Waals surface area contributed by atoms with E-state index >= 15 is 0 Å². The van der Waals surface area contributed by atoms with E-state index in [2.05, 4.69) is 22.1 Å². The summed E-state index contributed by atoms with van der Waals surface area (Å²) in [5.41, 5.74) is -0.160. The molecule has 2 amide bonds. The van der Waals surface area contributed by atoms with E-state index in [-0.39, 0.29) is 23.3 Å². The Labute approximate surface area is 155 Å². The van der Waals surface area contributed by atoms with E-state index in [4.69, 9.17) is 9.47 Å². The van der Waals surface area contributed by atoms with Crippen LogP contribution in [-0.2, 0) is 19.1 Å². The Morgan fingerprint density at radius 2 is 1.85 bits per heavy atom. The Morgan fingerprint density at radius 1 is 1.12 bits per heavy atom. The van der Waals surface area contributed by atoms with E-state index in [1.165, 1.54) is 0 Å². The second kappa shape index (κ2) is 8.85. The highest BCUT2D eigenvalue weighted by atomic mass is 16.5. The number of hydrogen-bond acceptors (Lipinski definition) is 5. The predicted molar refractivity (Wildman–Crippen MR) is 96.3 cm³/mol. The average Bonchev–Trinajstić information content (AvgIpc) is 3.17. The largest absolute Gasteiger partial charge is 0.381 e. The molecule has 1 N–H and O–H groups in total. The fraction of sp³-hybridized carbons (Fsp3) is 0.789. The summed E-state index contributed by atoms with van der Waals surface area (Å²) in [6.45, 7) is 7.88. The minimum absolute atomic E-state index is 0.0604. The summed E-state index contributed by atoms with van der Waals surface area (Å²) in [6, 6.07) is 0. The zero-order valence-electron chi connectivity index (χ0n) is 15.6. The van der Waals surface area contributed by atoms with E-state index in [0.717, 1.165) is 32.4 Å². The molecule has 144 valence electrons. The summed E-state index contributed by atoms with van der Waals surface area (Å²) in [5.74, 6) is 5.37. The number of rotatable bonds is 4. The maximum absolute atomic E-state index is 12.5. The van der Waals surface area contributed by atoms with Gasteiger partial charge in [0.25, 0.3) is 5.91 Å². The minimum atomic E-state index is -0.160. The first kappa shape index (κ1) is 19.2. The molecular formula is C19H29N3O4. The molecular weight excluding hydrogens is 334 g/mol. The lowest BCUT2D eigenvalue weighted by molar-refractivity contribution is -0.129. The van der Waals surface area contributed by atoms with Gasteiger partial charge in [-0.3, -0.25) is 14.5 Å². The molecule has 3 aliphatic rings. The zero-order valence-corrected chi connectivity index (χ0v) is 15.6. The SMILES string of the molecule is CC#CC(=O)N1CCN(C2(CNC(=O)C3CCOCC3)CCOC2)CC1. The van der Waals surface area contributed by atoms with Crippen LogP contribution in [0.25, 0.3) is 0 Å². The summed E-state index contributed by atoms with van der Waals surface area (Å²) in [4.78, 5) is 28.6. The lowest BCUT2D eigenvalue weighted by Gasteiger charge is -2.45.